The number of rotatable bonds is 6. The van der Waals surface area contributed by atoms with E-state index in [0.717, 1.165) is 13.0 Å². The zero-order valence-electron chi connectivity index (χ0n) is 7.09. The number of nitrogens with zero attached hydrogens (tertiary/aromatic N) is 1. The van der Waals surface area contributed by atoms with Gasteiger partial charge in [-0.15, -0.1) is 0 Å². The van der Waals surface area contributed by atoms with Crippen molar-refractivity contribution in [3.63, 3.8) is 0 Å². The third kappa shape index (κ3) is 4.73. The second-order valence-corrected chi connectivity index (χ2v) is 2.23. The summed E-state index contributed by atoms with van der Waals surface area (Å²) < 4.78 is 9.91. The third-order valence-corrected chi connectivity index (χ3v) is 1.16. The van der Waals surface area contributed by atoms with Gasteiger partial charge in [-0.2, -0.15) is 0 Å². The van der Waals surface area contributed by atoms with E-state index in [1.54, 1.807) is 14.2 Å². The normalized spacial score (nSPS) is 10.8. The van der Waals surface area contributed by atoms with Gasteiger partial charge in [0.05, 0.1) is 0 Å². The van der Waals surface area contributed by atoms with E-state index in [0.29, 0.717) is 13.5 Å². The van der Waals surface area contributed by atoms with Gasteiger partial charge in [-0.1, -0.05) is 6.92 Å². The van der Waals surface area contributed by atoms with E-state index in [1.807, 2.05) is 0 Å². The molecule has 10 heavy (non-hydrogen) atoms. The average Bonchev–Trinajstić information content (AvgIpc) is 1.90. The lowest BCUT2D eigenvalue weighted by atomic mass is 10.4. The minimum absolute atomic E-state index is 0.654. The van der Waals surface area contributed by atoms with Crippen LogP contribution in [0.4, 0.5) is 0 Å². The second kappa shape index (κ2) is 6.99. The molecule has 0 heterocycles. The Hall–Kier alpha value is -0.120. The highest BCUT2D eigenvalue weighted by atomic mass is 16.5. The Bertz CT molecular complexity index is 54.4. The standard InChI is InChI=1S/C7H17NO2/c1-4-5-8(6-9-2)7-10-3/h4-7H2,1-3H3. The number of ether oxygens (including phenoxy) is 2. The zero-order chi connectivity index (χ0) is 7.82. The first kappa shape index (κ1) is 9.88. The second-order valence-electron chi connectivity index (χ2n) is 2.23. The summed E-state index contributed by atoms with van der Waals surface area (Å²) in [5.74, 6) is 0. The monoisotopic (exact) mass is 147 g/mol. The molecule has 0 saturated heterocycles. The van der Waals surface area contributed by atoms with Gasteiger partial charge in [-0.3, -0.25) is 4.90 Å². The average molecular weight is 147 g/mol. The maximum atomic E-state index is 4.96. The quantitative estimate of drug-likeness (QED) is 0.521. The molecular weight excluding hydrogens is 130 g/mol. The first-order valence-corrected chi connectivity index (χ1v) is 3.55. The Morgan fingerprint density at radius 1 is 1.10 bits per heavy atom. The number of methoxy groups -OCH3 is 2. The summed E-state index contributed by atoms with van der Waals surface area (Å²) in [5, 5.41) is 0. The molecule has 0 aromatic heterocycles. The number of hydrogen-bond acceptors (Lipinski definition) is 3. The van der Waals surface area contributed by atoms with Gasteiger partial charge < -0.3 is 9.47 Å². The molecule has 0 rings (SSSR count). The predicted octanol–water partition coefficient (Wildman–Crippen LogP) is 0.906. The summed E-state index contributed by atoms with van der Waals surface area (Å²) in [7, 11) is 3.39. The molecule has 3 heteroatoms. The smallest absolute Gasteiger partial charge is 0.100 e. The van der Waals surface area contributed by atoms with Crippen molar-refractivity contribution < 1.29 is 9.47 Å². The molecule has 0 fully saturated rings. The van der Waals surface area contributed by atoms with Gasteiger partial charge in [0.25, 0.3) is 0 Å². The highest BCUT2D eigenvalue weighted by Crippen LogP contribution is 1.90. The van der Waals surface area contributed by atoms with Crippen molar-refractivity contribution in [1.82, 2.24) is 4.90 Å². The Morgan fingerprint density at radius 3 is 1.90 bits per heavy atom. The summed E-state index contributed by atoms with van der Waals surface area (Å²) in [6.07, 6.45) is 1.13. The topological polar surface area (TPSA) is 21.7 Å². The van der Waals surface area contributed by atoms with Crippen molar-refractivity contribution in [3.8, 4) is 0 Å². The van der Waals surface area contributed by atoms with E-state index in [2.05, 4.69) is 11.8 Å². The first-order valence-electron chi connectivity index (χ1n) is 3.55. The van der Waals surface area contributed by atoms with Crippen molar-refractivity contribution >= 4 is 0 Å². The van der Waals surface area contributed by atoms with E-state index in [4.69, 9.17) is 9.47 Å². The van der Waals surface area contributed by atoms with Crippen LogP contribution in [0.1, 0.15) is 13.3 Å². The lowest BCUT2D eigenvalue weighted by Gasteiger charge is -2.18. The molecule has 0 saturated carbocycles. The van der Waals surface area contributed by atoms with Crippen LogP contribution in [-0.2, 0) is 9.47 Å². The van der Waals surface area contributed by atoms with Gasteiger partial charge in [0.1, 0.15) is 13.5 Å². The predicted molar refractivity (Wildman–Crippen MR) is 40.7 cm³/mol. The van der Waals surface area contributed by atoms with Crippen LogP contribution in [0.25, 0.3) is 0 Å². The molecule has 0 aliphatic rings. The van der Waals surface area contributed by atoms with Crippen LogP contribution in [0.2, 0.25) is 0 Å². The summed E-state index contributed by atoms with van der Waals surface area (Å²) in [6.45, 7) is 4.48. The molecule has 0 aromatic rings. The fraction of sp³-hybridized carbons (Fsp3) is 1.00. The van der Waals surface area contributed by atoms with Gasteiger partial charge in [0.2, 0.25) is 0 Å². The molecule has 0 aromatic carbocycles. The van der Waals surface area contributed by atoms with Gasteiger partial charge in [0.15, 0.2) is 0 Å². The summed E-state index contributed by atoms with van der Waals surface area (Å²) >= 11 is 0. The van der Waals surface area contributed by atoms with Crippen molar-refractivity contribution in [2.24, 2.45) is 0 Å². The maximum absolute atomic E-state index is 4.96. The maximum Gasteiger partial charge on any atom is 0.100 e. The Morgan fingerprint density at radius 2 is 1.60 bits per heavy atom. The van der Waals surface area contributed by atoms with Crippen LogP contribution in [-0.4, -0.2) is 39.1 Å². The number of hydrogen-bond donors (Lipinski definition) is 0. The lowest BCUT2D eigenvalue weighted by molar-refractivity contribution is -0.0131. The van der Waals surface area contributed by atoms with Crippen LogP contribution in [0.15, 0.2) is 0 Å². The highest BCUT2D eigenvalue weighted by Gasteiger charge is 1.99. The highest BCUT2D eigenvalue weighted by molar-refractivity contribution is 4.43. The van der Waals surface area contributed by atoms with Crippen molar-refractivity contribution in [2.75, 3.05) is 34.2 Å². The Balaban J connectivity index is 3.30. The molecule has 0 aliphatic carbocycles. The summed E-state index contributed by atoms with van der Waals surface area (Å²) in [6, 6.07) is 0. The fourth-order valence-electron chi connectivity index (χ4n) is 0.848. The van der Waals surface area contributed by atoms with Crippen LogP contribution < -0.4 is 0 Å². The summed E-state index contributed by atoms with van der Waals surface area (Å²) in [4.78, 5) is 2.10. The molecule has 3 nitrogen and oxygen atoms in total. The lowest BCUT2D eigenvalue weighted by Crippen LogP contribution is -2.28. The SMILES string of the molecule is CCCN(COC)COC. The van der Waals surface area contributed by atoms with E-state index < -0.39 is 0 Å². The minimum atomic E-state index is 0.654. The van der Waals surface area contributed by atoms with Gasteiger partial charge in [-0.05, 0) is 6.42 Å². The molecule has 0 N–H and O–H groups in total. The Labute approximate surface area is 62.9 Å². The first-order chi connectivity index (χ1) is 4.85. The molecule has 0 aliphatic heterocycles. The molecule has 0 bridgehead atoms. The molecular formula is C7H17NO2. The zero-order valence-corrected chi connectivity index (χ0v) is 7.09. The van der Waals surface area contributed by atoms with Gasteiger partial charge in [-0.25, -0.2) is 0 Å². The molecule has 0 spiro atoms. The molecule has 0 atom stereocenters. The van der Waals surface area contributed by atoms with E-state index >= 15 is 0 Å². The van der Waals surface area contributed by atoms with E-state index in [1.165, 1.54) is 0 Å². The van der Waals surface area contributed by atoms with Crippen molar-refractivity contribution in [2.45, 2.75) is 13.3 Å². The minimum Gasteiger partial charge on any atom is -0.369 e. The van der Waals surface area contributed by atoms with Gasteiger partial charge in [0, 0.05) is 20.8 Å². The molecule has 0 radical (unpaired) electrons. The van der Waals surface area contributed by atoms with E-state index in [9.17, 15) is 0 Å². The third-order valence-electron chi connectivity index (χ3n) is 1.16. The van der Waals surface area contributed by atoms with Crippen LogP contribution in [0.5, 0.6) is 0 Å². The Kier molecular flexibility index (Phi) is 6.91. The van der Waals surface area contributed by atoms with Crippen molar-refractivity contribution in [1.29, 1.82) is 0 Å². The molecule has 62 valence electrons. The van der Waals surface area contributed by atoms with Crippen LogP contribution in [0.3, 0.4) is 0 Å². The van der Waals surface area contributed by atoms with E-state index in [-0.39, 0.29) is 0 Å². The largest absolute Gasteiger partial charge is 0.369 e. The van der Waals surface area contributed by atoms with Gasteiger partial charge >= 0.3 is 0 Å². The van der Waals surface area contributed by atoms with Crippen LogP contribution in [0, 0.1) is 0 Å². The molecule has 0 unspecified atom stereocenters. The van der Waals surface area contributed by atoms with Crippen LogP contribution >= 0.6 is 0 Å². The summed E-state index contributed by atoms with van der Waals surface area (Å²) in [5.41, 5.74) is 0. The van der Waals surface area contributed by atoms with Crippen molar-refractivity contribution in [3.05, 3.63) is 0 Å². The molecule has 0 amide bonds. The fourth-order valence-corrected chi connectivity index (χ4v) is 0.848.